The van der Waals surface area contributed by atoms with Gasteiger partial charge in [0.2, 0.25) is 0 Å². The van der Waals surface area contributed by atoms with Crippen LogP contribution < -0.4 is 5.32 Å². The first-order valence-corrected chi connectivity index (χ1v) is 6.65. The number of nitrogens with one attached hydrogen (secondary N) is 1. The van der Waals surface area contributed by atoms with Crippen molar-refractivity contribution in [1.29, 1.82) is 0 Å². The van der Waals surface area contributed by atoms with Crippen LogP contribution in [0.3, 0.4) is 0 Å². The molecule has 20 heavy (non-hydrogen) atoms. The van der Waals surface area contributed by atoms with E-state index in [4.69, 9.17) is 11.6 Å². The van der Waals surface area contributed by atoms with Gasteiger partial charge in [-0.05, 0) is 30.7 Å². The molecule has 0 spiro atoms. The summed E-state index contributed by atoms with van der Waals surface area (Å²) >= 11 is 6.02. The molecule has 0 aliphatic rings. The van der Waals surface area contributed by atoms with E-state index in [1.54, 1.807) is 12.3 Å². The predicted octanol–water partition coefficient (Wildman–Crippen LogP) is 2.62. The molecule has 2 rings (SSSR count). The average molecular weight is 295 g/mol. The fraction of sp³-hybridized carbons (Fsp3) is 0.308. The smallest absolute Gasteiger partial charge is 0.269 e. The Bertz CT molecular complexity index is 572. The molecular weight excluding hydrogens is 280 g/mol. The first-order chi connectivity index (χ1) is 9.66. The van der Waals surface area contributed by atoms with Gasteiger partial charge < -0.3 is 5.32 Å². The molecule has 7 heteroatoms. The minimum Gasteiger partial charge on any atom is -0.313 e. The largest absolute Gasteiger partial charge is 0.313 e. The molecule has 1 N–H and O–H groups in total. The van der Waals surface area contributed by atoms with Crippen LogP contribution >= 0.6 is 11.6 Å². The van der Waals surface area contributed by atoms with E-state index in [2.05, 4.69) is 10.4 Å². The van der Waals surface area contributed by atoms with Gasteiger partial charge in [0.1, 0.15) is 0 Å². The number of nitro benzene ring substituents is 1. The van der Waals surface area contributed by atoms with Crippen LogP contribution in [-0.4, -0.2) is 21.2 Å². The lowest BCUT2D eigenvalue weighted by atomic mass is 10.2. The van der Waals surface area contributed by atoms with Crippen molar-refractivity contribution in [1.82, 2.24) is 15.1 Å². The van der Waals surface area contributed by atoms with Gasteiger partial charge >= 0.3 is 0 Å². The minimum atomic E-state index is -0.419. The predicted molar refractivity (Wildman–Crippen MR) is 76.7 cm³/mol. The number of aryl methyl sites for hydroxylation is 1. The molecule has 1 aromatic carbocycles. The zero-order valence-corrected chi connectivity index (χ0v) is 11.6. The number of nitro groups is 1. The summed E-state index contributed by atoms with van der Waals surface area (Å²) in [6.45, 7) is 2.14. The Hall–Kier alpha value is -1.92. The molecular formula is C13H15ClN4O2. The Kier molecular flexibility index (Phi) is 5.09. The summed E-state index contributed by atoms with van der Waals surface area (Å²) in [6, 6.07) is 6.35. The maximum atomic E-state index is 10.7. The molecule has 0 fully saturated rings. The SMILES string of the molecule is O=[N+]([O-])c1ccc(Cl)c(CNCCCn2cccn2)c1. The molecule has 6 nitrogen and oxygen atoms in total. The Balaban J connectivity index is 1.78. The molecule has 0 unspecified atom stereocenters. The van der Waals surface area contributed by atoms with Crippen LogP contribution in [0.15, 0.2) is 36.7 Å². The molecule has 0 aliphatic carbocycles. The lowest BCUT2D eigenvalue weighted by Gasteiger charge is -2.07. The topological polar surface area (TPSA) is 73.0 Å². The monoisotopic (exact) mass is 294 g/mol. The third-order valence-corrected chi connectivity index (χ3v) is 3.22. The van der Waals surface area contributed by atoms with Crippen molar-refractivity contribution in [2.24, 2.45) is 0 Å². The normalized spacial score (nSPS) is 10.7. The van der Waals surface area contributed by atoms with E-state index in [-0.39, 0.29) is 5.69 Å². The van der Waals surface area contributed by atoms with Gasteiger partial charge in [0.05, 0.1) is 4.92 Å². The van der Waals surface area contributed by atoms with Gasteiger partial charge in [0.25, 0.3) is 5.69 Å². The number of hydrogen-bond donors (Lipinski definition) is 1. The zero-order valence-electron chi connectivity index (χ0n) is 10.8. The van der Waals surface area contributed by atoms with E-state index in [1.165, 1.54) is 12.1 Å². The van der Waals surface area contributed by atoms with E-state index < -0.39 is 4.92 Å². The third kappa shape index (κ3) is 4.04. The second kappa shape index (κ2) is 7.02. The lowest BCUT2D eigenvalue weighted by Crippen LogP contribution is -2.17. The summed E-state index contributed by atoms with van der Waals surface area (Å²) in [6.07, 6.45) is 4.59. The number of non-ortho nitro benzene ring substituents is 1. The first-order valence-electron chi connectivity index (χ1n) is 6.28. The van der Waals surface area contributed by atoms with Crippen LogP contribution in [0, 0.1) is 10.1 Å². The van der Waals surface area contributed by atoms with E-state index in [0.717, 1.165) is 25.1 Å². The van der Waals surface area contributed by atoms with Crippen molar-refractivity contribution in [3.05, 3.63) is 57.4 Å². The van der Waals surface area contributed by atoms with Gasteiger partial charge in [-0.1, -0.05) is 11.6 Å². The zero-order chi connectivity index (χ0) is 14.4. The van der Waals surface area contributed by atoms with Gasteiger partial charge in [0.15, 0.2) is 0 Å². The number of rotatable bonds is 7. The van der Waals surface area contributed by atoms with Gasteiger partial charge in [-0.2, -0.15) is 5.10 Å². The van der Waals surface area contributed by atoms with Crippen LogP contribution in [0.5, 0.6) is 0 Å². The molecule has 2 aromatic rings. The summed E-state index contributed by atoms with van der Waals surface area (Å²) in [5.41, 5.74) is 0.794. The molecule has 106 valence electrons. The molecule has 0 atom stereocenters. The van der Waals surface area contributed by atoms with Crippen LogP contribution in [-0.2, 0) is 13.1 Å². The molecule has 0 amide bonds. The molecule has 1 aromatic heterocycles. The van der Waals surface area contributed by atoms with Gasteiger partial charge in [-0.15, -0.1) is 0 Å². The highest BCUT2D eigenvalue weighted by Gasteiger charge is 2.09. The summed E-state index contributed by atoms with van der Waals surface area (Å²) in [5.74, 6) is 0. The van der Waals surface area contributed by atoms with Crippen LogP contribution in [0.25, 0.3) is 0 Å². The quantitative estimate of drug-likeness (QED) is 0.484. The van der Waals surface area contributed by atoms with Crippen molar-refractivity contribution in [3.8, 4) is 0 Å². The maximum Gasteiger partial charge on any atom is 0.269 e. The van der Waals surface area contributed by atoms with E-state index in [0.29, 0.717) is 11.6 Å². The Labute approximate surface area is 121 Å². The number of nitrogens with zero attached hydrogens (tertiary/aromatic N) is 3. The van der Waals surface area contributed by atoms with Crippen molar-refractivity contribution in [2.45, 2.75) is 19.5 Å². The molecule has 0 radical (unpaired) electrons. The first kappa shape index (κ1) is 14.5. The lowest BCUT2D eigenvalue weighted by molar-refractivity contribution is -0.384. The Morgan fingerprint density at radius 3 is 3.00 bits per heavy atom. The van der Waals surface area contributed by atoms with Crippen LogP contribution in [0.1, 0.15) is 12.0 Å². The van der Waals surface area contributed by atoms with Crippen LogP contribution in [0.2, 0.25) is 5.02 Å². The summed E-state index contributed by atoms with van der Waals surface area (Å²) < 4.78 is 1.86. The summed E-state index contributed by atoms with van der Waals surface area (Å²) in [4.78, 5) is 10.3. The molecule has 1 heterocycles. The second-order valence-corrected chi connectivity index (χ2v) is 4.74. The fourth-order valence-corrected chi connectivity index (χ4v) is 2.02. The minimum absolute atomic E-state index is 0.0581. The van der Waals surface area contributed by atoms with Crippen molar-refractivity contribution < 1.29 is 4.92 Å². The highest BCUT2D eigenvalue weighted by molar-refractivity contribution is 6.31. The standard InChI is InChI=1S/C13H15ClN4O2/c14-13-4-3-12(18(19)20)9-11(13)10-15-5-1-7-17-8-2-6-16-17/h2-4,6,8-9,15H,1,5,7,10H2. The number of aromatic nitrogens is 2. The van der Waals surface area contributed by atoms with Gasteiger partial charge in [0, 0.05) is 42.6 Å². The Morgan fingerprint density at radius 1 is 1.45 bits per heavy atom. The number of hydrogen-bond acceptors (Lipinski definition) is 4. The van der Waals surface area contributed by atoms with Crippen molar-refractivity contribution in [2.75, 3.05) is 6.54 Å². The fourth-order valence-electron chi connectivity index (χ4n) is 1.83. The van der Waals surface area contributed by atoms with Crippen molar-refractivity contribution >= 4 is 17.3 Å². The molecule has 0 bridgehead atoms. The number of benzene rings is 1. The highest BCUT2D eigenvalue weighted by Crippen LogP contribution is 2.21. The van der Waals surface area contributed by atoms with E-state index in [1.807, 2.05) is 16.9 Å². The maximum absolute atomic E-state index is 10.7. The van der Waals surface area contributed by atoms with E-state index >= 15 is 0 Å². The second-order valence-electron chi connectivity index (χ2n) is 4.33. The highest BCUT2D eigenvalue weighted by atomic mass is 35.5. The van der Waals surface area contributed by atoms with Gasteiger partial charge in [-0.3, -0.25) is 14.8 Å². The molecule has 0 saturated carbocycles. The molecule has 0 aliphatic heterocycles. The molecule has 0 saturated heterocycles. The number of halogens is 1. The average Bonchev–Trinajstić information content (AvgIpc) is 2.93. The summed E-state index contributed by atoms with van der Waals surface area (Å²) in [5, 5.41) is 18.6. The summed E-state index contributed by atoms with van der Waals surface area (Å²) in [7, 11) is 0. The van der Waals surface area contributed by atoms with Crippen molar-refractivity contribution in [3.63, 3.8) is 0 Å². The van der Waals surface area contributed by atoms with Crippen LogP contribution in [0.4, 0.5) is 5.69 Å². The third-order valence-electron chi connectivity index (χ3n) is 2.86. The Morgan fingerprint density at radius 2 is 2.30 bits per heavy atom. The van der Waals surface area contributed by atoms with Gasteiger partial charge in [-0.25, -0.2) is 0 Å². The van der Waals surface area contributed by atoms with E-state index in [9.17, 15) is 10.1 Å².